The molecule has 0 aromatic heterocycles. The molecule has 0 heterocycles. The number of aromatic carboxylic acids is 2. The van der Waals surface area contributed by atoms with Crippen molar-refractivity contribution in [3.05, 3.63) is 70.8 Å². The molecule has 0 saturated carbocycles. The number of aliphatic imine (C=N–C) groups is 1. The molecule has 0 atom stereocenters. The van der Waals surface area contributed by atoms with E-state index in [1.165, 1.54) is 36.7 Å². The zero-order valence-corrected chi connectivity index (χ0v) is 13.6. The fourth-order valence-corrected chi connectivity index (χ4v) is 1.85. The molecule has 25 heavy (non-hydrogen) atoms. The van der Waals surface area contributed by atoms with Crippen molar-refractivity contribution in [3.63, 3.8) is 0 Å². The minimum atomic E-state index is -0.994. The molecular formula is C17H13N3O4S. The molecule has 3 N–H and O–H groups in total. The summed E-state index contributed by atoms with van der Waals surface area (Å²) < 4.78 is 0. The highest BCUT2D eigenvalue weighted by Crippen LogP contribution is 2.03. The standard InChI is InChI=1S/C17H13N3O4S/c21-15(22)13-5-1-11(2-6-13)9-18-17(25)20-19-10-12-3-7-14(8-4-12)16(23)24/h1-10H,(H,20,25)(H,21,22)(H,23,24)/b18-9+,19-10-. The molecule has 0 aliphatic carbocycles. The molecule has 2 aromatic rings. The second-order valence-electron chi connectivity index (χ2n) is 4.79. The first-order valence-corrected chi connectivity index (χ1v) is 7.40. The summed E-state index contributed by atoms with van der Waals surface area (Å²) in [7, 11) is 0. The zero-order valence-electron chi connectivity index (χ0n) is 12.8. The van der Waals surface area contributed by atoms with Crippen LogP contribution in [0.3, 0.4) is 0 Å². The molecule has 2 rings (SSSR count). The summed E-state index contributed by atoms with van der Waals surface area (Å²) in [6, 6.07) is 12.3. The molecule has 0 bridgehead atoms. The van der Waals surface area contributed by atoms with Crippen molar-refractivity contribution >= 4 is 41.7 Å². The van der Waals surface area contributed by atoms with Gasteiger partial charge in [0.05, 0.1) is 17.3 Å². The number of rotatable bonds is 5. The highest BCUT2D eigenvalue weighted by molar-refractivity contribution is 7.80. The molecule has 126 valence electrons. The summed E-state index contributed by atoms with van der Waals surface area (Å²) in [6.45, 7) is 0. The van der Waals surface area contributed by atoms with Crippen LogP contribution in [0.2, 0.25) is 0 Å². The van der Waals surface area contributed by atoms with Crippen LogP contribution in [0.4, 0.5) is 0 Å². The molecule has 0 aliphatic rings. The van der Waals surface area contributed by atoms with Crippen LogP contribution in [-0.2, 0) is 0 Å². The van der Waals surface area contributed by atoms with Crippen LogP contribution >= 0.6 is 12.2 Å². The topological polar surface area (TPSA) is 111 Å². The number of hydrogen-bond donors (Lipinski definition) is 3. The van der Waals surface area contributed by atoms with E-state index in [-0.39, 0.29) is 16.2 Å². The van der Waals surface area contributed by atoms with Gasteiger partial charge in [-0.25, -0.2) is 14.6 Å². The van der Waals surface area contributed by atoms with Gasteiger partial charge in [-0.05, 0) is 47.6 Å². The number of thiocarbonyl (C=S) groups is 1. The normalized spacial score (nSPS) is 10.9. The van der Waals surface area contributed by atoms with Gasteiger partial charge in [0.25, 0.3) is 0 Å². The van der Waals surface area contributed by atoms with Gasteiger partial charge in [-0.2, -0.15) is 5.10 Å². The van der Waals surface area contributed by atoms with E-state index < -0.39 is 11.9 Å². The number of nitrogens with one attached hydrogen (secondary N) is 1. The van der Waals surface area contributed by atoms with E-state index in [2.05, 4.69) is 15.5 Å². The van der Waals surface area contributed by atoms with E-state index in [0.29, 0.717) is 11.1 Å². The first-order valence-electron chi connectivity index (χ1n) is 6.99. The number of carboxylic acid groups (broad SMARTS) is 2. The zero-order chi connectivity index (χ0) is 18.2. The molecule has 0 aliphatic heterocycles. The van der Waals surface area contributed by atoms with Crippen LogP contribution < -0.4 is 5.43 Å². The highest BCUT2D eigenvalue weighted by Gasteiger charge is 2.01. The van der Waals surface area contributed by atoms with Gasteiger partial charge in [0.2, 0.25) is 5.11 Å². The van der Waals surface area contributed by atoms with Gasteiger partial charge in [-0.15, -0.1) is 0 Å². The van der Waals surface area contributed by atoms with Crippen LogP contribution in [0.25, 0.3) is 0 Å². The average Bonchev–Trinajstić information content (AvgIpc) is 2.60. The molecule has 0 spiro atoms. The predicted molar refractivity (Wildman–Crippen MR) is 97.7 cm³/mol. The van der Waals surface area contributed by atoms with Gasteiger partial charge in [-0.1, -0.05) is 24.3 Å². The Labute approximate surface area is 148 Å². The van der Waals surface area contributed by atoms with Crippen LogP contribution in [-0.4, -0.2) is 39.7 Å². The minimum absolute atomic E-state index is 0.126. The van der Waals surface area contributed by atoms with Crippen molar-refractivity contribution in [1.82, 2.24) is 5.43 Å². The summed E-state index contributed by atoms with van der Waals surface area (Å²) >= 11 is 5.00. The van der Waals surface area contributed by atoms with Gasteiger partial charge >= 0.3 is 11.9 Å². The molecule has 2 aromatic carbocycles. The summed E-state index contributed by atoms with van der Waals surface area (Å²) in [4.78, 5) is 25.5. The van der Waals surface area contributed by atoms with Crippen molar-refractivity contribution in [2.75, 3.05) is 0 Å². The van der Waals surface area contributed by atoms with Crippen molar-refractivity contribution in [2.45, 2.75) is 0 Å². The molecule has 0 saturated heterocycles. The molecule has 0 fully saturated rings. The highest BCUT2D eigenvalue weighted by atomic mass is 32.1. The van der Waals surface area contributed by atoms with E-state index >= 15 is 0 Å². The Morgan fingerprint density at radius 2 is 1.28 bits per heavy atom. The maximum atomic E-state index is 10.8. The third kappa shape index (κ3) is 5.63. The lowest BCUT2D eigenvalue weighted by Crippen LogP contribution is -2.12. The Balaban J connectivity index is 1.89. The molecule has 8 heteroatoms. The molecule has 0 radical (unpaired) electrons. The Kier molecular flexibility index (Phi) is 6.08. The Hall–Kier alpha value is -3.39. The molecular weight excluding hydrogens is 342 g/mol. The van der Waals surface area contributed by atoms with Gasteiger partial charge in [0, 0.05) is 6.21 Å². The number of carboxylic acids is 2. The lowest BCUT2D eigenvalue weighted by Gasteiger charge is -1.98. The Morgan fingerprint density at radius 3 is 1.72 bits per heavy atom. The number of hydrazone groups is 1. The first-order chi connectivity index (χ1) is 12.0. The van der Waals surface area contributed by atoms with E-state index in [1.807, 2.05) is 0 Å². The van der Waals surface area contributed by atoms with Gasteiger partial charge in [-0.3, -0.25) is 5.43 Å². The van der Waals surface area contributed by atoms with Crippen LogP contribution in [0.15, 0.2) is 58.6 Å². The van der Waals surface area contributed by atoms with Gasteiger partial charge < -0.3 is 10.2 Å². The van der Waals surface area contributed by atoms with Gasteiger partial charge in [0.1, 0.15) is 0 Å². The number of benzene rings is 2. The summed E-state index contributed by atoms with van der Waals surface area (Å²) in [5, 5.41) is 21.7. The summed E-state index contributed by atoms with van der Waals surface area (Å²) in [5.41, 5.74) is 4.34. The maximum absolute atomic E-state index is 10.8. The lowest BCUT2D eigenvalue weighted by atomic mass is 10.1. The first kappa shape index (κ1) is 18.0. The monoisotopic (exact) mass is 355 g/mol. The van der Waals surface area contributed by atoms with E-state index in [1.54, 1.807) is 24.3 Å². The smallest absolute Gasteiger partial charge is 0.335 e. The van der Waals surface area contributed by atoms with Crippen LogP contribution in [0.5, 0.6) is 0 Å². The van der Waals surface area contributed by atoms with Crippen LogP contribution in [0.1, 0.15) is 31.8 Å². The Morgan fingerprint density at radius 1 is 0.840 bits per heavy atom. The third-order valence-corrected chi connectivity index (χ3v) is 3.22. The van der Waals surface area contributed by atoms with Crippen LogP contribution in [0, 0.1) is 0 Å². The number of nitrogens with zero attached hydrogens (tertiary/aromatic N) is 2. The largest absolute Gasteiger partial charge is 0.478 e. The summed E-state index contributed by atoms with van der Waals surface area (Å²) in [5.74, 6) is -1.99. The SMILES string of the molecule is O=C(O)c1ccc(/C=N\NC(=S)/N=C/c2ccc(C(=O)O)cc2)cc1. The number of carbonyl (C=O) groups is 2. The predicted octanol–water partition coefficient (Wildman–Crippen LogP) is 2.41. The fourth-order valence-electron chi connectivity index (χ4n) is 1.75. The second-order valence-corrected chi connectivity index (χ2v) is 5.17. The quantitative estimate of drug-likeness (QED) is 0.431. The molecule has 0 amide bonds. The van der Waals surface area contributed by atoms with E-state index in [4.69, 9.17) is 22.4 Å². The lowest BCUT2D eigenvalue weighted by molar-refractivity contribution is 0.0686. The fraction of sp³-hybridized carbons (Fsp3) is 0. The summed E-state index contributed by atoms with van der Waals surface area (Å²) in [6.07, 6.45) is 2.97. The van der Waals surface area contributed by atoms with E-state index in [0.717, 1.165) is 0 Å². The Bertz CT molecular complexity index is 843. The van der Waals surface area contributed by atoms with Gasteiger partial charge in [0.15, 0.2) is 0 Å². The maximum Gasteiger partial charge on any atom is 0.335 e. The van der Waals surface area contributed by atoms with Crippen molar-refractivity contribution in [1.29, 1.82) is 0 Å². The average molecular weight is 355 g/mol. The molecule has 0 unspecified atom stereocenters. The minimum Gasteiger partial charge on any atom is -0.478 e. The second kappa shape index (κ2) is 8.46. The van der Waals surface area contributed by atoms with Crippen molar-refractivity contribution in [3.8, 4) is 0 Å². The molecule has 7 nitrogen and oxygen atoms in total. The van der Waals surface area contributed by atoms with E-state index in [9.17, 15) is 9.59 Å². The van der Waals surface area contributed by atoms with Crippen molar-refractivity contribution in [2.24, 2.45) is 10.1 Å². The van der Waals surface area contributed by atoms with Crippen molar-refractivity contribution < 1.29 is 19.8 Å². The number of hydrogen-bond acceptors (Lipinski definition) is 4. The third-order valence-electron chi connectivity index (χ3n) is 3.02.